The van der Waals surface area contributed by atoms with Crippen molar-refractivity contribution in [1.29, 1.82) is 0 Å². The van der Waals surface area contributed by atoms with E-state index >= 15 is 0 Å². The van der Waals surface area contributed by atoms with Gasteiger partial charge >= 0.3 is 0 Å². The van der Waals surface area contributed by atoms with Gasteiger partial charge in [0.15, 0.2) is 0 Å². The molecular weight excluding hydrogens is 252 g/mol. The average molecular weight is 266 g/mol. The molecule has 0 saturated carbocycles. The van der Waals surface area contributed by atoms with E-state index in [0.717, 1.165) is 4.31 Å². The van der Waals surface area contributed by atoms with E-state index in [1.54, 1.807) is 29.4 Å². The average Bonchev–Trinajstić information content (AvgIpc) is 2.82. The number of nitrogen functional groups attached to an aromatic ring is 1. The van der Waals surface area contributed by atoms with Crippen molar-refractivity contribution < 1.29 is 8.42 Å². The highest BCUT2D eigenvalue weighted by molar-refractivity contribution is 7.89. The number of nitrogens with two attached hydrogens (primary N) is 1. The SMILES string of the molecule is CN(C)S(=O)(=O)c1ccc(-n2ccnc2)c(N)c1. The van der Waals surface area contributed by atoms with Gasteiger partial charge in [0.1, 0.15) is 0 Å². The van der Waals surface area contributed by atoms with E-state index in [1.165, 1.54) is 26.2 Å². The molecule has 1 aromatic carbocycles. The third-order valence-corrected chi connectivity index (χ3v) is 4.37. The maximum absolute atomic E-state index is 11.9. The van der Waals surface area contributed by atoms with Crippen LogP contribution in [0.5, 0.6) is 0 Å². The van der Waals surface area contributed by atoms with Crippen LogP contribution in [0, 0.1) is 0 Å². The summed E-state index contributed by atoms with van der Waals surface area (Å²) in [6, 6.07) is 4.64. The second-order valence-electron chi connectivity index (χ2n) is 3.98. The number of benzene rings is 1. The van der Waals surface area contributed by atoms with Crippen LogP contribution in [0.25, 0.3) is 5.69 Å². The van der Waals surface area contributed by atoms with Crippen LogP contribution in [-0.2, 0) is 10.0 Å². The fourth-order valence-electron chi connectivity index (χ4n) is 1.54. The summed E-state index contributed by atoms with van der Waals surface area (Å²) >= 11 is 0. The number of sulfonamides is 1. The van der Waals surface area contributed by atoms with Crippen molar-refractivity contribution >= 4 is 15.7 Å². The molecule has 96 valence electrons. The van der Waals surface area contributed by atoms with Gasteiger partial charge in [-0.2, -0.15) is 0 Å². The van der Waals surface area contributed by atoms with Crippen LogP contribution in [0.3, 0.4) is 0 Å². The Balaban J connectivity index is 2.50. The second-order valence-corrected chi connectivity index (χ2v) is 6.13. The molecule has 7 heteroatoms. The van der Waals surface area contributed by atoms with Crippen molar-refractivity contribution in [2.75, 3.05) is 19.8 Å². The van der Waals surface area contributed by atoms with E-state index in [4.69, 9.17) is 5.73 Å². The summed E-state index contributed by atoms with van der Waals surface area (Å²) in [5.74, 6) is 0. The van der Waals surface area contributed by atoms with Crippen LogP contribution in [-0.4, -0.2) is 36.4 Å². The number of nitrogens with zero attached hydrogens (tertiary/aromatic N) is 3. The molecule has 6 nitrogen and oxygen atoms in total. The Bertz CT molecular complexity index is 648. The topological polar surface area (TPSA) is 81.2 Å². The van der Waals surface area contributed by atoms with Gasteiger partial charge in [-0.3, -0.25) is 0 Å². The normalized spacial score (nSPS) is 11.9. The Kier molecular flexibility index (Phi) is 3.10. The minimum atomic E-state index is -3.46. The molecule has 0 fully saturated rings. The van der Waals surface area contributed by atoms with Gasteiger partial charge in [-0.1, -0.05) is 0 Å². The molecule has 0 saturated heterocycles. The first kappa shape index (κ1) is 12.6. The molecule has 0 spiro atoms. The summed E-state index contributed by atoms with van der Waals surface area (Å²) in [6.07, 6.45) is 4.97. The van der Waals surface area contributed by atoms with Crippen LogP contribution < -0.4 is 5.73 Å². The molecule has 2 N–H and O–H groups in total. The smallest absolute Gasteiger partial charge is 0.242 e. The summed E-state index contributed by atoms with van der Waals surface area (Å²) < 4.78 is 26.7. The third-order valence-electron chi connectivity index (χ3n) is 2.56. The van der Waals surface area contributed by atoms with Gasteiger partial charge in [-0.15, -0.1) is 0 Å². The molecule has 2 rings (SSSR count). The molecule has 0 atom stereocenters. The second kappa shape index (κ2) is 4.43. The predicted molar refractivity (Wildman–Crippen MR) is 68.8 cm³/mol. The van der Waals surface area contributed by atoms with Gasteiger partial charge in [0.25, 0.3) is 0 Å². The Hall–Kier alpha value is -1.86. The molecule has 0 unspecified atom stereocenters. The van der Waals surface area contributed by atoms with Gasteiger partial charge in [0.05, 0.1) is 22.6 Å². The highest BCUT2D eigenvalue weighted by Crippen LogP contribution is 2.22. The zero-order chi connectivity index (χ0) is 13.3. The van der Waals surface area contributed by atoms with Crippen molar-refractivity contribution in [3.05, 3.63) is 36.9 Å². The van der Waals surface area contributed by atoms with Gasteiger partial charge in [-0.25, -0.2) is 17.7 Å². The molecule has 0 bridgehead atoms. The molecule has 0 aliphatic heterocycles. The van der Waals surface area contributed by atoms with Gasteiger partial charge < -0.3 is 10.3 Å². The Morgan fingerprint density at radius 3 is 2.56 bits per heavy atom. The molecular formula is C11H14N4O2S. The maximum Gasteiger partial charge on any atom is 0.242 e. The minimum Gasteiger partial charge on any atom is -0.397 e. The quantitative estimate of drug-likeness (QED) is 0.829. The number of hydrogen-bond donors (Lipinski definition) is 1. The van der Waals surface area contributed by atoms with Gasteiger partial charge in [0, 0.05) is 26.5 Å². The third kappa shape index (κ3) is 2.09. The molecule has 2 aromatic rings. The number of anilines is 1. The van der Waals surface area contributed by atoms with Crippen LogP contribution in [0.1, 0.15) is 0 Å². The van der Waals surface area contributed by atoms with Gasteiger partial charge in [0.2, 0.25) is 10.0 Å². The molecule has 1 aromatic heterocycles. The van der Waals surface area contributed by atoms with E-state index in [9.17, 15) is 8.42 Å². The first-order valence-electron chi connectivity index (χ1n) is 5.23. The molecule has 0 radical (unpaired) electrons. The highest BCUT2D eigenvalue weighted by atomic mass is 32.2. The minimum absolute atomic E-state index is 0.175. The molecule has 1 heterocycles. The summed E-state index contributed by atoms with van der Waals surface area (Å²) in [5.41, 5.74) is 6.96. The zero-order valence-electron chi connectivity index (χ0n) is 10.1. The van der Waals surface area contributed by atoms with E-state index in [0.29, 0.717) is 11.4 Å². The van der Waals surface area contributed by atoms with Gasteiger partial charge in [-0.05, 0) is 18.2 Å². The molecule has 0 amide bonds. The van der Waals surface area contributed by atoms with E-state index in [2.05, 4.69) is 4.98 Å². The summed E-state index contributed by atoms with van der Waals surface area (Å²) in [4.78, 5) is 4.09. The Labute approximate surface area is 106 Å². The van der Waals surface area contributed by atoms with Crippen LogP contribution in [0.4, 0.5) is 5.69 Å². The van der Waals surface area contributed by atoms with Crippen molar-refractivity contribution in [3.63, 3.8) is 0 Å². The first-order chi connectivity index (χ1) is 8.43. The maximum atomic E-state index is 11.9. The van der Waals surface area contributed by atoms with Crippen molar-refractivity contribution in [3.8, 4) is 5.69 Å². The monoisotopic (exact) mass is 266 g/mol. The number of aromatic nitrogens is 2. The first-order valence-corrected chi connectivity index (χ1v) is 6.67. The predicted octanol–water partition coefficient (Wildman–Crippen LogP) is 0.705. The zero-order valence-corrected chi connectivity index (χ0v) is 10.9. The van der Waals surface area contributed by atoms with Crippen molar-refractivity contribution in [2.45, 2.75) is 4.90 Å². The van der Waals surface area contributed by atoms with Crippen molar-refractivity contribution in [1.82, 2.24) is 13.9 Å². The molecule has 0 aliphatic rings. The fourth-order valence-corrected chi connectivity index (χ4v) is 2.48. The number of imidazole rings is 1. The lowest BCUT2D eigenvalue weighted by molar-refractivity contribution is 0.521. The number of hydrogen-bond acceptors (Lipinski definition) is 4. The summed E-state index contributed by atoms with van der Waals surface area (Å²) in [6.45, 7) is 0. The largest absolute Gasteiger partial charge is 0.397 e. The van der Waals surface area contributed by atoms with Crippen molar-refractivity contribution in [2.24, 2.45) is 0 Å². The Morgan fingerprint density at radius 2 is 2.06 bits per heavy atom. The van der Waals surface area contributed by atoms with E-state index in [-0.39, 0.29) is 4.90 Å². The fraction of sp³-hybridized carbons (Fsp3) is 0.182. The van der Waals surface area contributed by atoms with Crippen LogP contribution in [0.2, 0.25) is 0 Å². The number of rotatable bonds is 3. The van der Waals surface area contributed by atoms with E-state index in [1.807, 2.05) is 0 Å². The molecule has 18 heavy (non-hydrogen) atoms. The van der Waals surface area contributed by atoms with Crippen LogP contribution >= 0.6 is 0 Å². The van der Waals surface area contributed by atoms with E-state index < -0.39 is 10.0 Å². The lowest BCUT2D eigenvalue weighted by Crippen LogP contribution is -2.22. The highest BCUT2D eigenvalue weighted by Gasteiger charge is 2.18. The van der Waals surface area contributed by atoms with Crippen LogP contribution in [0.15, 0.2) is 41.8 Å². The summed E-state index contributed by atoms with van der Waals surface area (Å²) in [5, 5.41) is 0. The standard InChI is InChI=1S/C11H14N4O2S/c1-14(2)18(16,17)9-3-4-11(10(12)7-9)15-6-5-13-8-15/h3-8H,12H2,1-2H3. The molecule has 0 aliphatic carbocycles. The summed E-state index contributed by atoms with van der Waals surface area (Å²) in [7, 11) is -0.494. The lowest BCUT2D eigenvalue weighted by Gasteiger charge is -2.13. The Morgan fingerprint density at radius 1 is 1.33 bits per heavy atom. The lowest BCUT2D eigenvalue weighted by atomic mass is 10.2.